The second-order valence-corrected chi connectivity index (χ2v) is 7.24. The predicted molar refractivity (Wildman–Crippen MR) is 93.6 cm³/mol. The van der Waals surface area contributed by atoms with E-state index in [0.29, 0.717) is 31.7 Å². The van der Waals surface area contributed by atoms with Gasteiger partial charge in [-0.2, -0.15) is 0 Å². The standard InChI is InChI=1S/C19H26N2O4/c1-14-5-3-4-6-16(14)25-19(18(23)24)8-11-21(12-9-19)17(22)15-7-10-20(2)13-15/h3-6,15H,7-13H2,1-2H3,(H,23,24)/t15-/m1/s1. The van der Waals surface area contributed by atoms with E-state index in [1.807, 2.05) is 37.1 Å². The quantitative estimate of drug-likeness (QED) is 0.900. The Kier molecular flexibility index (Phi) is 4.99. The Morgan fingerprint density at radius 3 is 2.44 bits per heavy atom. The summed E-state index contributed by atoms with van der Waals surface area (Å²) in [7, 11) is 2.02. The van der Waals surface area contributed by atoms with Crippen LogP contribution in [0.3, 0.4) is 0 Å². The minimum absolute atomic E-state index is 0.0413. The number of hydrogen-bond acceptors (Lipinski definition) is 4. The summed E-state index contributed by atoms with van der Waals surface area (Å²) in [6.07, 6.45) is 1.51. The van der Waals surface area contributed by atoms with Gasteiger partial charge in [-0.05, 0) is 38.6 Å². The van der Waals surface area contributed by atoms with Crippen LogP contribution in [0.25, 0.3) is 0 Å². The van der Waals surface area contributed by atoms with Crippen molar-refractivity contribution in [1.82, 2.24) is 9.80 Å². The summed E-state index contributed by atoms with van der Waals surface area (Å²) in [4.78, 5) is 28.6. The molecule has 2 aliphatic rings. The van der Waals surface area contributed by atoms with E-state index in [2.05, 4.69) is 4.90 Å². The van der Waals surface area contributed by atoms with E-state index in [1.54, 1.807) is 6.07 Å². The van der Waals surface area contributed by atoms with Gasteiger partial charge < -0.3 is 19.6 Å². The average molecular weight is 346 g/mol. The van der Waals surface area contributed by atoms with E-state index in [0.717, 1.165) is 25.1 Å². The van der Waals surface area contributed by atoms with Crippen molar-refractivity contribution >= 4 is 11.9 Å². The summed E-state index contributed by atoms with van der Waals surface area (Å²) < 4.78 is 5.96. The molecule has 1 aromatic rings. The molecule has 2 heterocycles. The lowest BCUT2D eigenvalue weighted by Gasteiger charge is -2.39. The lowest BCUT2D eigenvalue weighted by atomic mass is 9.90. The zero-order valence-electron chi connectivity index (χ0n) is 14.9. The van der Waals surface area contributed by atoms with E-state index >= 15 is 0 Å². The summed E-state index contributed by atoms with van der Waals surface area (Å²) in [5, 5.41) is 9.78. The summed E-state index contributed by atoms with van der Waals surface area (Å²) >= 11 is 0. The Morgan fingerprint density at radius 2 is 1.88 bits per heavy atom. The zero-order valence-corrected chi connectivity index (χ0v) is 14.9. The summed E-state index contributed by atoms with van der Waals surface area (Å²) in [6, 6.07) is 7.44. The molecular formula is C19H26N2O4. The lowest BCUT2D eigenvalue weighted by molar-refractivity contribution is -0.162. The molecule has 0 radical (unpaired) electrons. The van der Waals surface area contributed by atoms with E-state index in [-0.39, 0.29) is 11.8 Å². The number of ether oxygens (including phenoxy) is 1. The first kappa shape index (κ1) is 17.7. The fourth-order valence-electron chi connectivity index (χ4n) is 3.72. The fraction of sp³-hybridized carbons (Fsp3) is 0.579. The number of hydrogen-bond donors (Lipinski definition) is 1. The van der Waals surface area contributed by atoms with Gasteiger partial charge in [0, 0.05) is 32.5 Å². The molecule has 3 rings (SSSR count). The Hall–Kier alpha value is -2.08. The molecule has 136 valence electrons. The maximum atomic E-state index is 12.7. The lowest BCUT2D eigenvalue weighted by Crippen LogP contribution is -2.55. The second kappa shape index (κ2) is 7.04. The maximum Gasteiger partial charge on any atom is 0.348 e. The third-order valence-electron chi connectivity index (χ3n) is 5.41. The third kappa shape index (κ3) is 3.63. The van der Waals surface area contributed by atoms with Crippen LogP contribution in [0.15, 0.2) is 24.3 Å². The van der Waals surface area contributed by atoms with Crippen LogP contribution in [-0.4, -0.2) is 65.6 Å². The molecule has 0 unspecified atom stereocenters. The summed E-state index contributed by atoms with van der Waals surface area (Å²) in [6.45, 7) is 4.49. The fourth-order valence-corrected chi connectivity index (χ4v) is 3.72. The molecule has 0 bridgehead atoms. The largest absolute Gasteiger partial charge is 0.478 e. The first-order chi connectivity index (χ1) is 11.9. The van der Waals surface area contributed by atoms with Crippen molar-refractivity contribution in [3.63, 3.8) is 0 Å². The highest BCUT2D eigenvalue weighted by molar-refractivity contribution is 5.81. The normalized spacial score (nSPS) is 23.4. The van der Waals surface area contributed by atoms with Crippen LogP contribution in [0.4, 0.5) is 0 Å². The zero-order chi connectivity index (χ0) is 18.0. The molecule has 0 aromatic heterocycles. The van der Waals surface area contributed by atoms with Gasteiger partial charge in [0.05, 0.1) is 5.92 Å². The summed E-state index contributed by atoms with van der Waals surface area (Å²) in [5.74, 6) is -0.163. The number of carbonyl (C=O) groups excluding carboxylic acids is 1. The molecule has 6 nitrogen and oxygen atoms in total. The van der Waals surface area contributed by atoms with Crippen LogP contribution in [0.5, 0.6) is 5.75 Å². The van der Waals surface area contributed by atoms with Crippen LogP contribution in [-0.2, 0) is 9.59 Å². The molecule has 6 heteroatoms. The number of para-hydroxylation sites is 1. The third-order valence-corrected chi connectivity index (χ3v) is 5.41. The van der Waals surface area contributed by atoms with Crippen molar-refractivity contribution in [2.24, 2.45) is 5.92 Å². The van der Waals surface area contributed by atoms with Gasteiger partial charge in [-0.15, -0.1) is 0 Å². The van der Waals surface area contributed by atoms with Crippen LogP contribution in [0, 0.1) is 12.8 Å². The van der Waals surface area contributed by atoms with E-state index in [4.69, 9.17) is 4.74 Å². The van der Waals surface area contributed by atoms with Crippen LogP contribution in [0.1, 0.15) is 24.8 Å². The summed E-state index contributed by atoms with van der Waals surface area (Å²) in [5.41, 5.74) is -0.342. The topological polar surface area (TPSA) is 70.1 Å². The number of piperidine rings is 1. The van der Waals surface area contributed by atoms with Crippen molar-refractivity contribution in [3.8, 4) is 5.75 Å². The van der Waals surface area contributed by atoms with Crippen molar-refractivity contribution < 1.29 is 19.4 Å². The molecule has 0 saturated carbocycles. The molecule has 1 aromatic carbocycles. The predicted octanol–water partition coefficient (Wildman–Crippen LogP) is 1.77. The number of carboxylic acid groups (broad SMARTS) is 1. The monoisotopic (exact) mass is 346 g/mol. The van der Waals surface area contributed by atoms with Crippen LogP contribution in [0.2, 0.25) is 0 Å². The molecule has 2 fully saturated rings. The molecule has 0 aliphatic carbocycles. The van der Waals surface area contributed by atoms with Crippen LogP contribution < -0.4 is 4.74 Å². The number of benzene rings is 1. The molecule has 1 N–H and O–H groups in total. The Balaban J connectivity index is 1.67. The number of carbonyl (C=O) groups is 2. The van der Waals surface area contributed by atoms with Crippen molar-refractivity contribution in [2.75, 3.05) is 33.2 Å². The van der Waals surface area contributed by atoms with E-state index in [1.165, 1.54) is 0 Å². The highest BCUT2D eigenvalue weighted by atomic mass is 16.5. The average Bonchev–Trinajstić information content (AvgIpc) is 3.03. The molecule has 25 heavy (non-hydrogen) atoms. The number of carboxylic acids is 1. The van der Waals surface area contributed by atoms with Gasteiger partial charge in [0.25, 0.3) is 0 Å². The first-order valence-corrected chi connectivity index (χ1v) is 8.87. The Morgan fingerprint density at radius 1 is 1.20 bits per heavy atom. The highest BCUT2D eigenvalue weighted by Crippen LogP contribution is 2.32. The van der Waals surface area contributed by atoms with Crippen LogP contribution >= 0.6 is 0 Å². The van der Waals surface area contributed by atoms with Crippen molar-refractivity contribution in [1.29, 1.82) is 0 Å². The Labute approximate surface area is 148 Å². The molecule has 1 atom stereocenters. The number of amides is 1. The number of likely N-dealkylation sites (tertiary alicyclic amines) is 2. The van der Waals surface area contributed by atoms with Crippen molar-refractivity contribution in [2.45, 2.75) is 31.8 Å². The van der Waals surface area contributed by atoms with Gasteiger partial charge >= 0.3 is 5.97 Å². The second-order valence-electron chi connectivity index (χ2n) is 7.24. The minimum atomic E-state index is -1.25. The van der Waals surface area contributed by atoms with Crippen molar-refractivity contribution in [3.05, 3.63) is 29.8 Å². The highest BCUT2D eigenvalue weighted by Gasteiger charge is 2.46. The number of aliphatic carboxylic acids is 1. The number of aryl methyl sites for hydroxylation is 1. The smallest absolute Gasteiger partial charge is 0.348 e. The number of rotatable bonds is 4. The number of nitrogens with zero attached hydrogens (tertiary/aromatic N) is 2. The maximum absolute atomic E-state index is 12.7. The molecule has 2 aliphatic heterocycles. The molecule has 0 spiro atoms. The van der Waals surface area contributed by atoms with Gasteiger partial charge in [0.15, 0.2) is 0 Å². The Bertz CT molecular complexity index is 653. The van der Waals surface area contributed by atoms with Gasteiger partial charge in [0.2, 0.25) is 11.5 Å². The minimum Gasteiger partial charge on any atom is -0.478 e. The van der Waals surface area contributed by atoms with Gasteiger partial charge in [-0.3, -0.25) is 4.79 Å². The van der Waals surface area contributed by atoms with Gasteiger partial charge in [0.1, 0.15) is 5.75 Å². The molecular weight excluding hydrogens is 320 g/mol. The molecule has 1 amide bonds. The van der Waals surface area contributed by atoms with Gasteiger partial charge in [-0.25, -0.2) is 4.79 Å². The first-order valence-electron chi connectivity index (χ1n) is 8.87. The van der Waals surface area contributed by atoms with Gasteiger partial charge in [-0.1, -0.05) is 18.2 Å². The van der Waals surface area contributed by atoms with E-state index in [9.17, 15) is 14.7 Å². The molecule has 2 saturated heterocycles. The van der Waals surface area contributed by atoms with E-state index < -0.39 is 11.6 Å². The SMILES string of the molecule is Cc1ccccc1OC1(C(=O)O)CCN(C(=O)[C@@H]2CCN(C)C2)CC1.